The Morgan fingerprint density at radius 1 is 1.44 bits per heavy atom. The van der Waals surface area contributed by atoms with E-state index >= 15 is 0 Å². The van der Waals surface area contributed by atoms with Gasteiger partial charge >= 0.3 is 0 Å². The first-order valence-electron chi connectivity index (χ1n) is 3.13. The van der Waals surface area contributed by atoms with Gasteiger partial charge in [-0.3, -0.25) is 0 Å². The fraction of sp³-hybridized carbons (Fsp3) is 0.667. The molecule has 0 amide bonds. The van der Waals surface area contributed by atoms with Crippen molar-refractivity contribution in [2.45, 2.75) is 12.6 Å². The normalized spacial score (nSPS) is 9.67. The highest BCUT2D eigenvalue weighted by Crippen LogP contribution is 1.96. The van der Waals surface area contributed by atoms with Gasteiger partial charge in [0.2, 0.25) is 0 Å². The molecule has 0 N–H and O–H groups in total. The summed E-state index contributed by atoms with van der Waals surface area (Å²) in [4.78, 5) is 0. The van der Waals surface area contributed by atoms with Crippen LogP contribution in [0.25, 0.3) is 0 Å². The minimum Gasteiger partial charge on any atom is -0.469 e. The largest absolute Gasteiger partial charge is 0.469 e. The summed E-state index contributed by atoms with van der Waals surface area (Å²) >= 11 is 0. The Morgan fingerprint density at radius 3 is 2.33 bits per heavy atom. The fourth-order valence-corrected chi connectivity index (χ4v) is 1.04. The van der Waals surface area contributed by atoms with Crippen LogP contribution in [0.1, 0.15) is 0 Å². The average Bonchev–Trinajstić information content (AvgIpc) is 1.91. The van der Waals surface area contributed by atoms with E-state index in [2.05, 4.69) is 6.55 Å². The SMILES string of the molecule is COC(=CC[SiH2]C)OC. The van der Waals surface area contributed by atoms with Crippen LogP contribution < -0.4 is 0 Å². The van der Waals surface area contributed by atoms with Crippen molar-refractivity contribution in [2.75, 3.05) is 14.2 Å². The third kappa shape index (κ3) is 4.09. The quantitative estimate of drug-likeness (QED) is 0.430. The van der Waals surface area contributed by atoms with Crippen molar-refractivity contribution in [3.05, 3.63) is 12.0 Å². The fourth-order valence-electron chi connectivity index (χ4n) is 0.512. The van der Waals surface area contributed by atoms with Crippen LogP contribution in [-0.4, -0.2) is 23.7 Å². The predicted octanol–water partition coefficient (Wildman–Crippen LogP) is 0.756. The molecule has 0 radical (unpaired) electrons. The molecule has 0 aliphatic rings. The minimum atomic E-state index is 0.116. The van der Waals surface area contributed by atoms with Crippen LogP contribution in [0.15, 0.2) is 12.0 Å². The van der Waals surface area contributed by atoms with Crippen LogP contribution in [-0.2, 0) is 9.47 Å². The van der Waals surface area contributed by atoms with Crippen molar-refractivity contribution in [1.82, 2.24) is 0 Å². The monoisotopic (exact) mass is 146 g/mol. The number of ether oxygens (including phenoxy) is 2. The van der Waals surface area contributed by atoms with Crippen LogP contribution >= 0.6 is 0 Å². The van der Waals surface area contributed by atoms with Gasteiger partial charge in [-0.2, -0.15) is 0 Å². The maximum Gasteiger partial charge on any atom is 0.273 e. The van der Waals surface area contributed by atoms with Gasteiger partial charge in [-0.25, -0.2) is 0 Å². The first-order valence-corrected chi connectivity index (χ1v) is 5.54. The van der Waals surface area contributed by atoms with E-state index < -0.39 is 0 Å². The van der Waals surface area contributed by atoms with E-state index in [9.17, 15) is 0 Å². The van der Waals surface area contributed by atoms with Gasteiger partial charge in [0.05, 0.1) is 14.2 Å². The molecule has 0 rings (SSSR count). The number of hydrogen-bond acceptors (Lipinski definition) is 2. The molecule has 2 nitrogen and oxygen atoms in total. The summed E-state index contributed by atoms with van der Waals surface area (Å²) in [5.74, 6) is 0.643. The Bertz CT molecular complexity index is 85.1. The van der Waals surface area contributed by atoms with Crippen LogP contribution in [0.2, 0.25) is 12.6 Å². The van der Waals surface area contributed by atoms with Crippen LogP contribution in [0.3, 0.4) is 0 Å². The molecule has 0 atom stereocenters. The van der Waals surface area contributed by atoms with E-state index in [0.717, 1.165) is 6.04 Å². The summed E-state index contributed by atoms with van der Waals surface area (Å²) in [6, 6.07) is 1.15. The highest BCUT2D eigenvalue weighted by Gasteiger charge is 1.88. The molecular formula is C6H14O2Si. The second kappa shape index (κ2) is 5.69. The zero-order chi connectivity index (χ0) is 7.11. The molecular weight excluding hydrogens is 132 g/mol. The molecule has 0 aromatic rings. The maximum atomic E-state index is 4.86. The van der Waals surface area contributed by atoms with Crippen LogP contribution in [0.5, 0.6) is 0 Å². The summed E-state index contributed by atoms with van der Waals surface area (Å²) in [5, 5.41) is 0. The molecule has 0 bridgehead atoms. The third-order valence-corrected chi connectivity index (χ3v) is 1.87. The van der Waals surface area contributed by atoms with Crippen LogP contribution in [0, 0.1) is 0 Å². The topological polar surface area (TPSA) is 18.5 Å². The summed E-state index contributed by atoms with van der Waals surface area (Å²) in [7, 11) is 3.35. The number of hydrogen-bond donors (Lipinski definition) is 0. The van der Waals surface area contributed by atoms with E-state index in [1.54, 1.807) is 14.2 Å². The summed E-state index contributed by atoms with van der Waals surface area (Å²) in [6.45, 7) is 2.25. The molecule has 54 valence electrons. The highest BCUT2D eigenvalue weighted by atomic mass is 28.2. The zero-order valence-electron chi connectivity index (χ0n) is 6.31. The molecule has 9 heavy (non-hydrogen) atoms. The standard InChI is InChI=1S/C6H14O2Si/c1-7-6(8-2)4-5-9-3/h4H,5,9H2,1-3H3. The maximum absolute atomic E-state index is 4.86. The number of rotatable bonds is 4. The molecule has 0 fully saturated rings. The molecule has 0 aliphatic carbocycles. The Labute approximate surface area is 58.7 Å². The van der Waals surface area contributed by atoms with Crippen molar-refractivity contribution in [2.24, 2.45) is 0 Å². The molecule has 0 aromatic carbocycles. The lowest BCUT2D eigenvalue weighted by Gasteiger charge is -2.01. The Kier molecular flexibility index (Phi) is 5.41. The molecule has 0 aliphatic heterocycles. The first kappa shape index (κ1) is 8.56. The molecule has 3 heteroatoms. The summed E-state index contributed by atoms with van der Waals surface area (Å²) in [6.07, 6.45) is 1.99. The van der Waals surface area contributed by atoms with Gasteiger partial charge in [0.15, 0.2) is 0 Å². The number of allylic oxidation sites excluding steroid dienone is 1. The van der Waals surface area contributed by atoms with Gasteiger partial charge < -0.3 is 9.47 Å². The summed E-state index contributed by atoms with van der Waals surface area (Å²) in [5.41, 5.74) is 0. The molecule has 0 saturated carbocycles. The van der Waals surface area contributed by atoms with Gasteiger partial charge in [0.25, 0.3) is 5.95 Å². The number of methoxy groups -OCH3 is 2. The Morgan fingerprint density at radius 2 is 2.00 bits per heavy atom. The second-order valence-electron chi connectivity index (χ2n) is 1.72. The van der Waals surface area contributed by atoms with Gasteiger partial charge in [0, 0.05) is 9.52 Å². The first-order chi connectivity index (χ1) is 4.35. The smallest absolute Gasteiger partial charge is 0.273 e. The lowest BCUT2D eigenvalue weighted by Crippen LogP contribution is -1.89. The van der Waals surface area contributed by atoms with Crippen molar-refractivity contribution < 1.29 is 9.47 Å². The van der Waals surface area contributed by atoms with Gasteiger partial charge in [-0.1, -0.05) is 6.55 Å². The van der Waals surface area contributed by atoms with E-state index in [1.807, 2.05) is 6.08 Å². The predicted molar refractivity (Wildman–Crippen MR) is 41.3 cm³/mol. The Balaban J connectivity index is 3.48. The van der Waals surface area contributed by atoms with E-state index in [4.69, 9.17) is 9.47 Å². The van der Waals surface area contributed by atoms with Gasteiger partial charge in [-0.05, 0) is 12.1 Å². The molecule has 0 spiro atoms. The lowest BCUT2D eigenvalue weighted by atomic mass is 10.7. The molecule has 0 unspecified atom stereocenters. The third-order valence-electron chi connectivity index (χ3n) is 1.00. The van der Waals surface area contributed by atoms with E-state index in [0.29, 0.717) is 5.95 Å². The van der Waals surface area contributed by atoms with Crippen molar-refractivity contribution in [3.63, 3.8) is 0 Å². The summed E-state index contributed by atoms with van der Waals surface area (Å²) < 4.78 is 9.73. The van der Waals surface area contributed by atoms with Crippen LogP contribution in [0.4, 0.5) is 0 Å². The van der Waals surface area contributed by atoms with Crippen molar-refractivity contribution >= 4 is 9.52 Å². The molecule has 0 heterocycles. The molecule has 0 saturated heterocycles. The van der Waals surface area contributed by atoms with Crippen molar-refractivity contribution in [1.29, 1.82) is 0 Å². The second-order valence-corrected chi connectivity index (χ2v) is 3.30. The Hall–Kier alpha value is -0.443. The lowest BCUT2D eigenvalue weighted by molar-refractivity contribution is 0.0948. The zero-order valence-corrected chi connectivity index (χ0v) is 7.72. The van der Waals surface area contributed by atoms with Crippen molar-refractivity contribution in [3.8, 4) is 0 Å². The average molecular weight is 146 g/mol. The highest BCUT2D eigenvalue weighted by molar-refractivity contribution is 6.34. The van der Waals surface area contributed by atoms with E-state index in [-0.39, 0.29) is 9.52 Å². The minimum absolute atomic E-state index is 0.116. The van der Waals surface area contributed by atoms with Gasteiger partial charge in [0.1, 0.15) is 0 Å². The van der Waals surface area contributed by atoms with E-state index in [1.165, 1.54) is 0 Å². The molecule has 0 aromatic heterocycles. The van der Waals surface area contributed by atoms with Gasteiger partial charge in [-0.15, -0.1) is 0 Å².